The summed E-state index contributed by atoms with van der Waals surface area (Å²) in [4.78, 5) is 8.71. The van der Waals surface area contributed by atoms with Crippen molar-refractivity contribution in [1.29, 1.82) is 0 Å². The second-order valence-corrected chi connectivity index (χ2v) is 6.79. The lowest BCUT2D eigenvalue weighted by atomic mass is 10.1. The maximum atomic E-state index is 13.6. The third kappa shape index (κ3) is 3.43. The van der Waals surface area contributed by atoms with Crippen molar-refractivity contribution in [2.24, 2.45) is 0 Å². The average Bonchev–Trinajstić information content (AvgIpc) is 3.22. The molecule has 1 N–H and O–H groups in total. The number of ether oxygens (including phenoxy) is 1. The lowest BCUT2D eigenvalue weighted by Gasteiger charge is -2.09. The Morgan fingerprint density at radius 1 is 1.00 bits per heavy atom. The predicted octanol–water partition coefficient (Wildman–Crippen LogP) is 3.77. The maximum Gasteiger partial charge on any atom is 0.213 e. The van der Waals surface area contributed by atoms with E-state index in [9.17, 15) is 13.2 Å². The summed E-state index contributed by atoms with van der Waals surface area (Å²) in [5, 5.41) is 15.8. The van der Waals surface area contributed by atoms with Gasteiger partial charge in [0.25, 0.3) is 0 Å². The topological polar surface area (TPSA) is 90.1 Å². The van der Waals surface area contributed by atoms with Crippen LogP contribution >= 0.6 is 0 Å². The highest BCUT2D eigenvalue weighted by molar-refractivity contribution is 5.87. The quantitative estimate of drug-likeness (QED) is 0.419. The molecule has 0 radical (unpaired) electrons. The molecule has 5 rings (SSSR count). The Kier molecular flexibility index (Phi) is 4.77. The standard InChI is InChI=1S/C21H14F3N7O/c1-32-19-5-3-15-21(27-19)16(6-7-25-15)26-10-18-29-28-17-4-2-14(30-31(17)18)11-8-12(22)20(24)13(23)9-11/h2-9H,10H2,1H3,(H,25,26). The third-order valence-corrected chi connectivity index (χ3v) is 4.81. The molecule has 32 heavy (non-hydrogen) atoms. The SMILES string of the molecule is COc1ccc2nccc(NCc3nnc4ccc(-c5cc(F)c(F)c(F)c5)nn34)c2n1. The summed E-state index contributed by atoms with van der Waals surface area (Å²) in [6.07, 6.45) is 1.65. The molecule has 0 unspecified atom stereocenters. The number of rotatable bonds is 5. The van der Waals surface area contributed by atoms with E-state index in [1.54, 1.807) is 30.5 Å². The molecular formula is C21H14F3N7O. The van der Waals surface area contributed by atoms with E-state index >= 15 is 0 Å². The normalized spacial score (nSPS) is 11.2. The molecule has 5 aromatic rings. The minimum Gasteiger partial charge on any atom is -0.481 e. The molecule has 4 heterocycles. The summed E-state index contributed by atoms with van der Waals surface area (Å²) in [5.41, 5.74) is 2.76. The predicted molar refractivity (Wildman–Crippen MR) is 110 cm³/mol. The molecule has 0 fully saturated rings. The summed E-state index contributed by atoms with van der Waals surface area (Å²) in [6, 6.07) is 10.2. The molecule has 160 valence electrons. The number of pyridine rings is 2. The number of nitrogens with zero attached hydrogens (tertiary/aromatic N) is 6. The van der Waals surface area contributed by atoms with E-state index in [0.29, 0.717) is 34.1 Å². The summed E-state index contributed by atoms with van der Waals surface area (Å²) in [5.74, 6) is -3.22. The number of fused-ring (bicyclic) bond motifs is 2. The van der Waals surface area contributed by atoms with Crippen molar-refractivity contribution in [3.8, 4) is 17.1 Å². The van der Waals surface area contributed by atoms with Gasteiger partial charge in [-0.2, -0.15) is 9.61 Å². The number of halogens is 3. The number of hydrogen-bond acceptors (Lipinski definition) is 7. The van der Waals surface area contributed by atoms with Crippen LogP contribution in [0.1, 0.15) is 5.82 Å². The molecule has 11 heteroatoms. The molecule has 0 aliphatic heterocycles. The van der Waals surface area contributed by atoms with Crippen LogP contribution in [-0.2, 0) is 6.54 Å². The number of anilines is 1. The molecule has 4 aromatic heterocycles. The number of aromatic nitrogens is 6. The van der Waals surface area contributed by atoms with E-state index in [4.69, 9.17) is 4.74 Å². The van der Waals surface area contributed by atoms with E-state index in [2.05, 4.69) is 30.6 Å². The van der Waals surface area contributed by atoms with Crippen LogP contribution in [0.3, 0.4) is 0 Å². The monoisotopic (exact) mass is 437 g/mol. The van der Waals surface area contributed by atoms with Crippen LogP contribution < -0.4 is 10.1 Å². The van der Waals surface area contributed by atoms with E-state index in [0.717, 1.165) is 12.1 Å². The van der Waals surface area contributed by atoms with Gasteiger partial charge >= 0.3 is 0 Å². The lowest BCUT2D eigenvalue weighted by molar-refractivity contribution is 0.399. The highest BCUT2D eigenvalue weighted by atomic mass is 19.2. The number of nitrogens with one attached hydrogen (secondary N) is 1. The van der Waals surface area contributed by atoms with Gasteiger partial charge in [0, 0.05) is 17.8 Å². The van der Waals surface area contributed by atoms with Crippen molar-refractivity contribution in [2.45, 2.75) is 6.54 Å². The summed E-state index contributed by atoms with van der Waals surface area (Å²) in [6.45, 7) is 0.224. The minimum absolute atomic E-state index is 0.0901. The van der Waals surface area contributed by atoms with Crippen LogP contribution in [-0.4, -0.2) is 36.9 Å². The molecule has 0 bridgehead atoms. The van der Waals surface area contributed by atoms with Gasteiger partial charge in [0.2, 0.25) is 5.88 Å². The fourth-order valence-electron chi connectivity index (χ4n) is 3.24. The second-order valence-electron chi connectivity index (χ2n) is 6.79. The first-order valence-electron chi connectivity index (χ1n) is 9.43. The molecule has 0 atom stereocenters. The molecule has 0 aliphatic carbocycles. The van der Waals surface area contributed by atoms with Gasteiger partial charge in [-0.1, -0.05) is 0 Å². The van der Waals surface area contributed by atoms with Gasteiger partial charge in [-0.25, -0.2) is 18.2 Å². The third-order valence-electron chi connectivity index (χ3n) is 4.81. The molecule has 0 saturated heterocycles. The Labute approximate surface area is 178 Å². The zero-order valence-electron chi connectivity index (χ0n) is 16.6. The fourth-order valence-corrected chi connectivity index (χ4v) is 3.24. The molecule has 1 aromatic carbocycles. The van der Waals surface area contributed by atoms with Crippen molar-refractivity contribution >= 4 is 22.4 Å². The first-order chi connectivity index (χ1) is 15.5. The maximum absolute atomic E-state index is 13.6. The summed E-state index contributed by atoms with van der Waals surface area (Å²) in [7, 11) is 1.53. The molecule has 0 saturated carbocycles. The molecule has 0 aliphatic rings. The Morgan fingerprint density at radius 2 is 1.81 bits per heavy atom. The second kappa shape index (κ2) is 7.76. The van der Waals surface area contributed by atoms with Gasteiger partial charge < -0.3 is 10.1 Å². The summed E-state index contributed by atoms with van der Waals surface area (Å²) < 4.78 is 47.2. The Balaban J connectivity index is 1.48. The Morgan fingerprint density at radius 3 is 2.59 bits per heavy atom. The highest BCUT2D eigenvalue weighted by Gasteiger charge is 2.15. The van der Waals surface area contributed by atoms with E-state index in [-0.39, 0.29) is 17.8 Å². The number of methoxy groups -OCH3 is 1. The zero-order valence-corrected chi connectivity index (χ0v) is 16.6. The van der Waals surface area contributed by atoms with E-state index in [1.165, 1.54) is 17.7 Å². The van der Waals surface area contributed by atoms with Gasteiger partial charge in [0.15, 0.2) is 28.9 Å². The lowest BCUT2D eigenvalue weighted by Crippen LogP contribution is -2.07. The number of benzene rings is 1. The first-order valence-corrected chi connectivity index (χ1v) is 9.43. The summed E-state index contributed by atoms with van der Waals surface area (Å²) >= 11 is 0. The molecule has 0 amide bonds. The van der Waals surface area contributed by atoms with Crippen LogP contribution in [0.4, 0.5) is 18.9 Å². The van der Waals surface area contributed by atoms with Crippen molar-refractivity contribution in [3.63, 3.8) is 0 Å². The largest absolute Gasteiger partial charge is 0.481 e. The Hall–Kier alpha value is -4.28. The van der Waals surface area contributed by atoms with Gasteiger partial charge in [0.05, 0.1) is 30.6 Å². The van der Waals surface area contributed by atoms with E-state index < -0.39 is 17.5 Å². The van der Waals surface area contributed by atoms with Gasteiger partial charge in [-0.05, 0) is 36.4 Å². The van der Waals surface area contributed by atoms with Crippen LogP contribution in [0.2, 0.25) is 0 Å². The van der Waals surface area contributed by atoms with Crippen molar-refractivity contribution in [3.05, 3.63) is 71.9 Å². The van der Waals surface area contributed by atoms with Gasteiger partial charge in [0.1, 0.15) is 5.52 Å². The van der Waals surface area contributed by atoms with Crippen molar-refractivity contribution < 1.29 is 17.9 Å². The Bertz CT molecular complexity index is 1450. The fraction of sp³-hybridized carbons (Fsp3) is 0.0952. The minimum atomic E-state index is -1.53. The van der Waals surface area contributed by atoms with Crippen LogP contribution in [0.25, 0.3) is 27.9 Å². The molecular weight excluding hydrogens is 423 g/mol. The zero-order chi connectivity index (χ0) is 22.2. The smallest absolute Gasteiger partial charge is 0.213 e. The van der Waals surface area contributed by atoms with Gasteiger partial charge in [-0.3, -0.25) is 4.98 Å². The van der Waals surface area contributed by atoms with Crippen LogP contribution in [0, 0.1) is 17.5 Å². The average molecular weight is 437 g/mol. The van der Waals surface area contributed by atoms with Crippen LogP contribution in [0.5, 0.6) is 5.88 Å². The highest BCUT2D eigenvalue weighted by Crippen LogP contribution is 2.24. The first kappa shape index (κ1) is 19.7. The van der Waals surface area contributed by atoms with Crippen LogP contribution in [0.15, 0.2) is 48.7 Å². The molecule has 8 nitrogen and oxygen atoms in total. The number of hydrogen-bond donors (Lipinski definition) is 1. The van der Waals surface area contributed by atoms with Gasteiger partial charge in [-0.15, -0.1) is 10.2 Å². The van der Waals surface area contributed by atoms with Crippen molar-refractivity contribution in [2.75, 3.05) is 12.4 Å². The molecule has 0 spiro atoms. The van der Waals surface area contributed by atoms with E-state index in [1.807, 2.05) is 0 Å². The van der Waals surface area contributed by atoms with Crippen molar-refractivity contribution in [1.82, 2.24) is 29.8 Å².